The fourth-order valence-electron chi connectivity index (χ4n) is 3.00. The Hall–Kier alpha value is -3.91. The van der Waals surface area contributed by atoms with Crippen molar-refractivity contribution in [1.82, 2.24) is 14.6 Å². The number of nitrogens with one attached hydrogen (secondary N) is 2. The molecule has 3 aromatic heterocycles. The molecule has 0 radical (unpaired) electrons. The first-order valence-electron chi connectivity index (χ1n) is 9.34. The molecule has 1 amide bonds. The van der Waals surface area contributed by atoms with Crippen LogP contribution in [-0.2, 0) is 6.54 Å². The number of imidazole rings is 1. The highest BCUT2D eigenvalue weighted by atomic mass is 32.1. The summed E-state index contributed by atoms with van der Waals surface area (Å²) in [5.74, 6) is 0.0109. The molecule has 3 heterocycles. The van der Waals surface area contributed by atoms with E-state index in [4.69, 9.17) is 4.42 Å². The van der Waals surface area contributed by atoms with Crippen LogP contribution in [0.1, 0.15) is 16.1 Å². The molecule has 0 aliphatic heterocycles. The van der Waals surface area contributed by atoms with Crippen molar-refractivity contribution < 1.29 is 9.21 Å². The highest BCUT2D eigenvalue weighted by Crippen LogP contribution is 2.24. The summed E-state index contributed by atoms with van der Waals surface area (Å²) in [4.78, 5) is 17.5. The number of fused-ring (bicyclic) bond motifs is 1. The summed E-state index contributed by atoms with van der Waals surface area (Å²) in [6.07, 6.45) is 3.41. The monoisotopic (exact) mass is 415 g/mol. The number of carbonyl (C=O) groups is 1. The van der Waals surface area contributed by atoms with Crippen LogP contribution in [0.25, 0.3) is 16.2 Å². The number of hydrogen-bond acceptors (Lipinski definition) is 6. The van der Waals surface area contributed by atoms with E-state index in [0.29, 0.717) is 12.2 Å². The van der Waals surface area contributed by atoms with Crippen LogP contribution in [0.2, 0.25) is 0 Å². The zero-order valence-electron chi connectivity index (χ0n) is 15.8. The highest BCUT2D eigenvalue weighted by Gasteiger charge is 2.10. The van der Waals surface area contributed by atoms with E-state index in [2.05, 4.69) is 20.7 Å². The number of rotatable bonds is 6. The molecule has 5 rings (SSSR count). The van der Waals surface area contributed by atoms with Crippen molar-refractivity contribution in [3.8, 4) is 11.3 Å². The van der Waals surface area contributed by atoms with E-state index in [1.165, 1.54) is 17.6 Å². The number of benzene rings is 2. The van der Waals surface area contributed by atoms with Crippen LogP contribution in [0.15, 0.2) is 83.6 Å². The standard InChI is InChI=1S/C22H17N5O2S/c28-20(19-7-4-12-29-19)24-17-10-8-15(9-11-17)13-23-21-26-27-14-18(25-22(27)30-21)16-5-2-1-3-6-16/h1-12,14H,13H2,(H,23,26)(H,24,28). The second-order valence-electron chi connectivity index (χ2n) is 6.61. The van der Waals surface area contributed by atoms with Gasteiger partial charge in [0.05, 0.1) is 18.2 Å². The Bertz CT molecular complexity index is 1240. The lowest BCUT2D eigenvalue weighted by Gasteiger charge is -2.06. The molecule has 30 heavy (non-hydrogen) atoms. The zero-order chi connectivity index (χ0) is 20.3. The van der Waals surface area contributed by atoms with Gasteiger partial charge in [-0.05, 0) is 29.8 Å². The average molecular weight is 415 g/mol. The molecule has 148 valence electrons. The van der Waals surface area contributed by atoms with Gasteiger partial charge in [0.2, 0.25) is 10.1 Å². The van der Waals surface area contributed by atoms with Gasteiger partial charge < -0.3 is 15.1 Å². The van der Waals surface area contributed by atoms with E-state index in [9.17, 15) is 4.79 Å². The maximum Gasteiger partial charge on any atom is 0.291 e. The van der Waals surface area contributed by atoms with Gasteiger partial charge in [0.25, 0.3) is 5.91 Å². The molecular formula is C22H17N5O2S. The number of aromatic nitrogens is 3. The Morgan fingerprint density at radius 1 is 1.03 bits per heavy atom. The summed E-state index contributed by atoms with van der Waals surface area (Å²) >= 11 is 1.50. The van der Waals surface area contributed by atoms with Crippen molar-refractivity contribution >= 4 is 33.0 Å². The minimum atomic E-state index is -0.271. The lowest BCUT2D eigenvalue weighted by molar-refractivity contribution is 0.0996. The van der Waals surface area contributed by atoms with E-state index < -0.39 is 0 Å². The number of amides is 1. The smallest absolute Gasteiger partial charge is 0.291 e. The second-order valence-corrected chi connectivity index (χ2v) is 7.56. The van der Waals surface area contributed by atoms with Gasteiger partial charge in [-0.1, -0.05) is 53.8 Å². The molecule has 0 spiro atoms. The highest BCUT2D eigenvalue weighted by molar-refractivity contribution is 7.20. The predicted molar refractivity (Wildman–Crippen MR) is 117 cm³/mol. The summed E-state index contributed by atoms with van der Waals surface area (Å²) in [5.41, 5.74) is 3.77. The molecule has 7 nitrogen and oxygen atoms in total. The van der Waals surface area contributed by atoms with Crippen LogP contribution in [0, 0.1) is 0 Å². The third kappa shape index (κ3) is 3.81. The lowest BCUT2D eigenvalue weighted by atomic mass is 10.2. The van der Waals surface area contributed by atoms with Gasteiger partial charge >= 0.3 is 0 Å². The molecule has 2 aromatic carbocycles. The quantitative estimate of drug-likeness (QED) is 0.411. The van der Waals surface area contributed by atoms with Crippen LogP contribution < -0.4 is 10.6 Å². The number of hydrogen-bond donors (Lipinski definition) is 2. The maximum absolute atomic E-state index is 12.0. The summed E-state index contributed by atoms with van der Waals surface area (Å²) in [7, 11) is 0. The fourth-order valence-corrected chi connectivity index (χ4v) is 3.78. The minimum absolute atomic E-state index is 0.271. The average Bonchev–Trinajstić information content (AvgIpc) is 3.50. The van der Waals surface area contributed by atoms with Gasteiger partial charge in [0.15, 0.2) is 5.76 Å². The number of nitrogens with zero attached hydrogens (tertiary/aromatic N) is 3. The molecule has 0 fully saturated rings. The van der Waals surface area contributed by atoms with Crippen LogP contribution >= 0.6 is 11.3 Å². The number of carbonyl (C=O) groups excluding carboxylic acids is 1. The van der Waals surface area contributed by atoms with Crippen LogP contribution in [0.3, 0.4) is 0 Å². The van der Waals surface area contributed by atoms with Crippen molar-refractivity contribution in [3.63, 3.8) is 0 Å². The lowest BCUT2D eigenvalue weighted by Crippen LogP contribution is -2.10. The number of anilines is 2. The summed E-state index contributed by atoms with van der Waals surface area (Å²) in [6, 6.07) is 21.0. The minimum Gasteiger partial charge on any atom is -0.459 e. The summed E-state index contributed by atoms with van der Waals surface area (Å²) in [5, 5.41) is 11.5. The molecule has 0 atom stereocenters. The van der Waals surface area contributed by atoms with Crippen molar-refractivity contribution in [3.05, 3.63) is 90.5 Å². The summed E-state index contributed by atoms with van der Waals surface area (Å²) < 4.78 is 6.89. The first-order valence-corrected chi connectivity index (χ1v) is 10.2. The molecule has 0 aliphatic carbocycles. The molecule has 5 aromatic rings. The van der Waals surface area contributed by atoms with Crippen molar-refractivity contribution in [2.45, 2.75) is 6.54 Å². The predicted octanol–water partition coefficient (Wildman–Crippen LogP) is 4.92. The van der Waals surface area contributed by atoms with Gasteiger partial charge in [-0.2, -0.15) is 0 Å². The Labute approximate surface area is 176 Å². The third-order valence-corrected chi connectivity index (χ3v) is 5.39. The molecular weight excluding hydrogens is 398 g/mol. The Morgan fingerprint density at radius 3 is 2.60 bits per heavy atom. The number of furan rings is 1. The second kappa shape index (κ2) is 7.84. The first kappa shape index (κ1) is 18.1. The van der Waals surface area contributed by atoms with Gasteiger partial charge in [0.1, 0.15) is 0 Å². The summed E-state index contributed by atoms with van der Waals surface area (Å²) in [6.45, 7) is 0.620. The Balaban J connectivity index is 1.21. The molecule has 8 heteroatoms. The maximum atomic E-state index is 12.0. The van der Waals surface area contributed by atoms with E-state index in [-0.39, 0.29) is 11.7 Å². The van der Waals surface area contributed by atoms with Crippen molar-refractivity contribution in [2.24, 2.45) is 0 Å². The first-order chi connectivity index (χ1) is 14.7. The van der Waals surface area contributed by atoms with Crippen LogP contribution in [0.4, 0.5) is 10.8 Å². The molecule has 0 bridgehead atoms. The Kier molecular flexibility index (Phi) is 4.74. The molecule has 0 aliphatic rings. The van der Waals surface area contributed by atoms with Crippen LogP contribution in [0.5, 0.6) is 0 Å². The largest absolute Gasteiger partial charge is 0.459 e. The molecule has 2 N–H and O–H groups in total. The fraction of sp³-hybridized carbons (Fsp3) is 0.0455. The van der Waals surface area contributed by atoms with Gasteiger partial charge in [-0.3, -0.25) is 4.79 Å². The zero-order valence-corrected chi connectivity index (χ0v) is 16.6. The van der Waals surface area contributed by atoms with E-state index in [1.54, 1.807) is 16.6 Å². The van der Waals surface area contributed by atoms with Crippen molar-refractivity contribution in [1.29, 1.82) is 0 Å². The van der Waals surface area contributed by atoms with E-state index in [1.807, 2.05) is 60.8 Å². The van der Waals surface area contributed by atoms with Gasteiger partial charge in [-0.15, -0.1) is 5.10 Å². The van der Waals surface area contributed by atoms with E-state index in [0.717, 1.165) is 26.9 Å². The van der Waals surface area contributed by atoms with Crippen LogP contribution in [-0.4, -0.2) is 20.5 Å². The SMILES string of the molecule is O=C(Nc1ccc(CNc2nn3cc(-c4ccccc4)nc3s2)cc1)c1ccco1. The van der Waals surface area contributed by atoms with Gasteiger partial charge in [0, 0.05) is 17.8 Å². The van der Waals surface area contributed by atoms with Gasteiger partial charge in [-0.25, -0.2) is 9.50 Å². The topological polar surface area (TPSA) is 84.5 Å². The van der Waals surface area contributed by atoms with Crippen molar-refractivity contribution in [2.75, 3.05) is 10.6 Å². The molecule has 0 unspecified atom stereocenters. The normalized spacial score (nSPS) is 10.9. The molecule has 0 saturated carbocycles. The molecule has 0 saturated heterocycles. The Morgan fingerprint density at radius 2 is 1.87 bits per heavy atom. The van der Waals surface area contributed by atoms with E-state index >= 15 is 0 Å². The third-order valence-electron chi connectivity index (χ3n) is 4.51.